The van der Waals surface area contributed by atoms with Crippen molar-refractivity contribution in [3.05, 3.63) is 156 Å². The smallest absolute Gasteiger partial charge is 0.216 e. The fourth-order valence-electron chi connectivity index (χ4n) is 7.52. The lowest BCUT2D eigenvalue weighted by atomic mass is 10.0. The summed E-state index contributed by atoms with van der Waals surface area (Å²) in [5, 5.41) is 0. The molecule has 2 aliphatic rings. The molecule has 52 heavy (non-hydrogen) atoms. The molecule has 0 fully saturated rings. The first-order chi connectivity index (χ1) is 25.7. The van der Waals surface area contributed by atoms with E-state index in [-0.39, 0.29) is 0 Å². The van der Waals surface area contributed by atoms with Gasteiger partial charge in [0.15, 0.2) is 12.4 Å². The average molecular weight is 675 g/mol. The van der Waals surface area contributed by atoms with Gasteiger partial charge in [-0.25, -0.2) is 9.97 Å². The van der Waals surface area contributed by atoms with Crippen LogP contribution in [0.25, 0.3) is 91.1 Å². The van der Waals surface area contributed by atoms with Crippen LogP contribution in [0.15, 0.2) is 134 Å². The van der Waals surface area contributed by atoms with Gasteiger partial charge in [0.05, 0.1) is 44.9 Å². The van der Waals surface area contributed by atoms with E-state index < -0.39 is 0 Å². The molecular formula is C46H38N6+2. The molecule has 0 spiro atoms. The van der Waals surface area contributed by atoms with Crippen molar-refractivity contribution in [2.24, 2.45) is 0 Å². The number of nitrogens with one attached hydrogen (secondary N) is 2. The predicted octanol–water partition coefficient (Wildman–Crippen LogP) is 9.94. The molecule has 7 heterocycles. The summed E-state index contributed by atoms with van der Waals surface area (Å²) < 4.78 is 4.55. The van der Waals surface area contributed by atoms with Crippen LogP contribution in [0.2, 0.25) is 0 Å². The van der Waals surface area contributed by atoms with Gasteiger partial charge in [-0.2, -0.15) is 9.13 Å². The first-order valence-electron chi connectivity index (χ1n) is 17.9. The van der Waals surface area contributed by atoms with Crippen LogP contribution < -0.4 is 9.13 Å². The lowest BCUT2D eigenvalue weighted by Gasteiger charge is -2.06. The molecule has 6 nitrogen and oxygen atoms in total. The summed E-state index contributed by atoms with van der Waals surface area (Å²) in [7, 11) is 0. The fraction of sp³-hybridized carbons (Fsp3) is 0.0870. The van der Waals surface area contributed by atoms with Crippen LogP contribution in [0, 0.1) is 0 Å². The topological polar surface area (TPSA) is 65.1 Å². The van der Waals surface area contributed by atoms with Gasteiger partial charge < -0.3 is 9.97 Å². The van der Waals surface area contributed by atoms with Crippen molar-refractivity contribution in [2.45, 2.75) is 26.9 Å². The Morgan fingerprint density at radius 2 is 0.750 bits per heavy atom. The maximum atomic E-state index is 5.43. The van der Waals surface area contributed by atoms with Gasteiger partial charge in [0, 0.05) is 46.4 Å². The molecule has 0 unspecified atom stereocenters. The molecular weight excluding hydrogens is 637 g/mol. The summed E-state index contributed by atoms with van der Waals surface area (Å²) >= 11 is 0. The number of benzene rings is 2. The molecule has 6 heteroatoms. The number of hydrogen-bond acceptors (Lipinski definition) is 2. The molecule has 0 atom stereocenters. The second kappa shape index (κ2) is 13.2. The van der Waals surface area contributed by atoms with Gasteiger partial charge in [-0.1, -0.05) is 60.7 Å². The number of fused-ring (bicyclic) bond motifs is 8. The van der Waals surface area contributed by atoms with Crippen molar-refractivity contribution >= 4 is 46.4 Å². The van der Waals surface area contributed by atoms with E-state index in [0.29, 0.717) is 0 Å². The van der Waals surface area contributed by atoms with Gasteiger partial charge >= 0.3 is 0 Å². The highest BCUT2D eigenvalue weighted by Crippen LogP contribution is 2.37. The number of nitrogens with zero attached hydrogens (tertiary/aromatic N) is 4. The zero-order chi connectivity index (χ0) is 35.0. The van der Waals surface area contributed by atoms with Crippen LogP contribution in [0.4, 0.5) is 0 Å². The second-order valence-electron chi connectivity index (χ2n) is 13.0. The van der Waals surface area contributed by atoms with Gasteiger partial charge in [0.25, 0.3) is 0 Å². The zero-order valence-electron chi connectivity index (χ0n) is 29.2. The highest BCUT2D eigenvalue weighted by atomic mass is 15.0. The number of hydrogen-bond donors (Lipinski definition) is 2. The second-order valence-corrected chi connectivity index (χ2v) is 13.0. The number of aryl methyl sites for hydroxylation is 2. The molecule has 0 radical (unpaired) electrons. The Bertz CT molecular complexity index is 2510. The molecule has 250 valence electrons. The van der Waals surface area contributed by atoms with Crippen LogP contribution in [-0.4, -0.2) is 19.9 Å². The van der Waals surface area contributed by atoms with E-state index >= 15 is 0 Å². The Labute approximate surface area is 302 Å². The maximum absolute atomic E-state index is 5.43. The first-order valence-corrected chi connectivity index (χ1v) is 17.9. The van der Waals surface area contributed by atoms with Gasteiger partial charge in [-0.15, -0.1) is 0 Å². The Kier molecular flexibility index (Phi) is 7.97. The van der Waals surface area contributed by atoms with Gasteiger partial charge in [0.1, 0.15) is 13.1 Å². The number of rotatable bonds is 6. The molecule has 9 rings (SSSR count). The first kappa shape index (κ1) is 31.3. The van der Waals surface area contributed by atoms with E-state index in [4.69, 9.17) is 9.97 Å². The summed E-state index contributed by atoms with van der Waals surface area (Å²) in [4.78, 5) is 18.6. The van der Waals surface area contributed by atoms with E-state index in [0.717, 1.165) is 103 Å². The normalized spacial score (nSPS) is 12.0. The summed E-state index contributed by atoms with van der Waals surface area (Å²) in [6.45, 7) is 6.01. The predicted molar refractivity (Wildman–Crippen MR) is 212 cm³/mol. The molecule has 5 aromatic heterocycles. The Hall–Kier alpha value is -6.66. The highest BCUT2D eigenvalue weighted by molar-refractivity contribution is 5.98. The molecule has 2 aromatic carbocycles. The van der Waals surface area contributed by atoms with Crippen molar-refractivity contribution in [1.82, 2.24) is 19.9 Å². The van der Waals surface area contributed by atoms with Crippen LogP contribution >= 0.6 is 0 Å². The molecule has 2 aliphatic heterocycles. The minimum atomic E-state index is 0.827. The van der Waals surface area contributed by atoms with Crippen molar-refractivity contribution in [3.63, 3.8) is 0 Å². The molecule has 0 amide bonds. The number of pyridine rings is 2. The molecule has 7 aromatic rings. The van der Waals surface area contributed by atoms with Crippen LogP contribution in [0.5, 0.6) is 0 Å². The van der Waals surface area contributed by atoms with Crippen LogP contribution in [0.1, 0.15) is 36.6 Å². The van der Waals surface area contributed by atoms with E-state index in [1.165, 1.54) is 0 Å². The molecule has 8 bridgehead atoms. The largest absolute Gasteiger partial charge is 0.354 e. The lowest BCUT2D eigenvalue weighted by Crippen LogP contribution is -2.34. The van der Waals surface area contributed by atoms with Crippen molar-refractivity contribution in [3.8, 4) is 44.8 Å². The third-order valence-corrected chi connectivity index (χ3v) is 9.95. The highest BCUT2D eigenvalue weighted by Gasteiger charge is 2.23. The SMILES string of the molecule is CC[n+]1ccccc1-c1c2nc(c(-c3ccccc3)c3ccc([nH]3)c(-c3cccc[n+]3CC)c3nc(c(-c4ccccc4)c4ccc1[nH]4)C=C3)C=C2. The van der Waals surface area contributed by atoms with Gasteiger partial charge in [0.2, 0.25) is 11.4 Å². The van der Waals surface area contributed by atoms with E-state index in [2.05, 4.69) is 191 Å². The third-order valence-electron chi connectivity index (χ3n) is 9.95. The minimum absolute atomic E-state index is 0.827. The Morgan fingerprint density at radius 1 is 0.404 bits per heavy atom. The average Bonchev–Trinajstić information content (AvgIpc) is 4.04. The van der Waals surface area contributed by atoms with Crippen molar-refractivity contribution < 1.29 is 9.13 Å². The van der Waals surface area contributed by atoms with Crippen molar-refractivity contribution in [1.29, 1.82) is 0 Å². The van der Waals surface area contributed by atoms with Crippen LogP contribution in [0.3, 0.4) is 0 Å². The summed E-state index contributed by atoms with van der Waals surface area (Å²) in [5.41, 5.74) is 16.1. The number of aromatic nitrogens is 6. The molecule has 2 N–H and O–H groups in total. The fourth-order valence-corrected chi connectivity index (χ4v) is 7.52. The number of aromatic amines is 2. The minimum Gasteiger partial charge on any atom is -0.354 e. The molecule has 0 aliphatic carbocycles. The molecule has 0 saturated carbocycles. The Balaban J connectivity index is 1.50. The summed E-state index contributed by atoms with van der Waals surface area (Å²) in [5.74, 6) is 0. The lowest BCUT2D eigenvalue weighted by molar-refractivity contribution is -0.682. The standard InChI is InChI=1S/C46H37N6/c1-3-51-29-13-11-19-41(51)45-37-25-21-33(47-37)43(31-15-7-5-8-16-31)35-23-27-39(49-35)46(42-20-12-14-30-52(42)4-2)40-28-24-36(50-40)44(32-17-9-6-10-18-32)34-22-26-38(45)48-34/h5-30H,3-4H2,1-2H3,(H,47,48,49,50)/q+1/p+1. The molecule has 0 saturated heterocycles. The summed E-state index contributed by atoms with van der Waals surface area (Å²) in [6.07, 6.45) is 12.9. The monoisotopic (exact) mass is 674 g/mol. The number of H-pyrrole nitrogens is 2. The Morgan fingerprint density at radius 3 is 1.13 bits per heavy atom. The zero-order valence-corrected chi connectivity index (χ0v) is 29.2. The van der Waals surface area contributed by atoms with E-state index in [9.17, 15) is 0 Å². The van der Waals surface area contributed by atoms with E-state index in [1.807, 2.05) is 0 Å². The quantitative estimate of drug-likeness (QED) is 0.173. The van der Waals surface area contributed by atoms with E-state index in [1.54, 1.807) is 0 Å². The van der Waals surface area contributed by atoms with Gasteiger partial charge in [-0.05, 0) is 85.7 Å². The summed E-state index contributed by atoms with van der Waals surface area (Å²) in [6, 6.07) is 42.5. The van der Waals surface area contributed by atoms with Crippen LogP contribution in [-0.2, 0) is 13.1 Å². The van der Waals surface area contributed by atoms with Crippen molar-refractivity contribution in [2.75, 3.05) is 0 Å². The maximum Gasteiger partial charge on any atom is 0.216 e. The third kappa shape index (κ3) is 5.46. The van der Waals surface area contributed by atoms with Gasteiger partial charge in [-0.3, -0.25) is 0 Å².